The molecule has 0 aliphatic carbocycles. The number of fused-ring (bicyclic) bond motifs is 1. The first-order valence-electron chi connectivity index (χ1n) is 13.9. The Morgan fingerprint density at radius 2 is 1.51 bits per heavy atom. The molecule has 2 heterocycles. The van der Waals surface area contributed by atoms with Crippen LogP contribution in [0.5, 0.6) is 0 Å². The van der Waals surface area contributed by atoms with Crippen molar-refractivity contribution in [3.8, 4) is 0 Å². The second kappa shape index (κ2) is 14.7. The number of carbonyl (C=O) groups is 5. The highest BCUT2D eigenvalue weighted by Gasteiger charge is 2.58. The Bertz CT molecular complexity index is 1670. The van der Waals surface area contributed by atoms with E-state index in [0.29, 0.717) is 16.0 Å². The van der Waals surface area contributed by atoms with Crippen LogP contribution in [0.3, 0.4) is 0 Å². The number of esters is 1. The highest BCUT2D eigenvalue weighted by molar-refractivity contribution is 8.05. The Labute approximate surface area is 271 Å². The van der Waals surface area contributed by atoms with Gasteiger partial charge in [-0.05, 0) is 47.7 Å². The molecule has 16 nitrogen and oxygen atoms in total. The zero-order valence-electron chi connectivity index (χ0n) is 25.2. The molecule has 1 saturated heterocycles. The highest BCUT2D eigenvalue weighted by Crippen LogP contribution is 2.48. The number of hydrogen-bond acceptors (Lipinski definition) is 13. The SMILES string of the molecule is CC(=O)N(C)C(=O)/C=C/SC1=C(C(=O)OCc2ccc([N+](=O)[O-])cc2)N2C(=O)C(C(C)OC(=O)OCc3ccc([N+](=O)[O-])cc3)C2C1. The maximum atomic E-state index is 13.3. The van der Waals surface area contributed by atoms with Crippen molar-refractivity contribution in [2.45, 2.75) is 45.6 Å². The quantitative estimate of drug-likeness (QED) is 0.103. The van der Waals surface area contributed by atoms with Crippen molar-refractivity contribution >= 4 is 53.0 Å². The third-order valence-corrected chi connectivity index (χ3v) is 8.31. The number of imide groups is 1. The van der Waals surface area contributed by atoms with Crippen molar-refractivity contribution in [1.82, 2.24) is 9.80 Å². The molecule has 47 heavy (non-hydrogen) atoms. The molecule has 4 rings (SSSR count). The van der Waals surface area contributed by atoms with Gasteiger partial charge in [0.1, 0.15) is 25.0 Å². The van der Waals surface area contributed by atoms with E-state index in [1.807, 2.05) is 0 Å². The second-order valence-corrected chi connectivity index (χ2v) is 11.4. The van der Waals surface area contributed by atoms with Crippen LogP contribution in [0.1, 0.15) is 31.4 Å². The van der Waals surface area contributed by atoms with E-state index >= 15 is 0 Å². The van der Waals surface area contributed by atoms with Crippen LogP contribution in [-0.2, 0) is 46.6 Å². The van der Waals surface area contributed by atoms with Gasteiger partial charge in [0.05, 0.1) is 21.8 Å². The molecular weight excluding hydrogens is 640 g/mol. The number of β-lactam (4-membered cyclic amide) rings is 1. The summed E-state index contributed by atoms with van der Waals surface area (Å²) in [4.78, 5) is 85.9. The fourth-order valence-electron chi connectivity index (χ4n) is 4.80. The zero-order chi connectivity index (χ0) is 34.4. The van der Waals surface area contributed by atoms with Gasteiger partial charge in [0.2, 0.25) is 11.8 Å². The molecule has 0 saturated carbocycles. The predicted octanol–water partition coefficient (Wildman–Crippen LogP) is 3.98. The number of hydrogen-bond donors (Lipinski definition) is 0. The molecule has 246 valence electrons. The van der Waals surface area contributed by atoms with Gasteiger partial charge in [-0.1, -0.05) is 11.8 Å². The van der Waals surface area contributed by atoms with E-state index in [4.69, 9.17) is 14.2 Å². The topological polar surface area (TPSA) is 206 Å². The molecule has 3 amide bonds. The van der Waals surface area contributed by atoms with Crippen molar-refractivity contribution in [3.63, 3.8) is 0 Å². The second-order valence-electron chi connectivity index (χ2n) is 10.4. The van der Waals surface area contributed by atoms with Crippen LogP contribution in [0.2, 0.25) is 0 Å². The van der Waals surface area contributed by atoms with E-state index < -0.39 is 57.8 Å². The first-order valence-corrected chi connectivity index (χ1v) is 14.8. The third-order valence-electron chi connectivity index (χ3n) is 7.39. The van der Waals surface area contributed by atoms with E-state index in [2.05, 4.69) is 0 Å². The fraction of sp³-hybridized carbons (Fsp3) is 0.300. The molecule has 0 bridgehead atoms. The highest BCUT2D eigenvalue weighted by atomic mass is 32.2. The first kappa shape index (κ1) is 34.3. The van der Waals surface area contributed by atoms with Gasteiger partial charge in [-0.15, -0.1) is 0 Å². The Morgan fingerprint density at radius 3 is 2.02 bits per heavy atom. The van der Waals surface area contributed by atoms with E-state index in [0.717, 1.165) is 22.7 Å². The summed E-state index contributed by atoms with van der Waals surface area (Å²) in [6.45, 7) is 2.25. The molecule has 0 aromatic heterocycles. The summed E-state index contributed by atoms with van der Waals surface area (Å²) >= 11 is 0.986. The number of carbonyl (C=O) groups excluding carboxylic acids is 5. The maximum Gasteiger partial charge on any atom is 0.508 e. The lowest BCUT2D eigenvalue weighted by molar-refractivity contribution is -0.385. The van der Waals surface area contributed by atoms with E-state index in [9.17, 15) is 44.2 Å². The summed E-state index contributed by atoms with van der Waals surface area (Å²) in [6, 6.07) is 10.2. The summed E-state index contributed by atoms with van der Waals surface area (Å²) in [5.74, 6) is -3.28. The van der Waals surface area contributed by atoms with Crippen molar-refractivity contribution in [3.05, 3.63) is 102 Å². The Hall–Kier alpha value is -5.58. The minimum Gasteiger partial charge on any atom is -0.456 e. The van der Waals surface area contributed by atoms with Gasteiger partial charge in [0.25, 0.3) is 17.3 Å². The van der Waals surface area contributed by atoms with Gasteiger partial charge in [-0.3, -0.25) is 39.5 Å². The van der Waals surface area contributed by atoms with Gasteiger partial charge in [-0.2, -0.15) is 0 Å². The molecule has 17 heteroatoms. The normalized spacial score (nSPS) is 17.4. The van der Waals surface area contributed by atoms with E-state index in [-0.39, 0.29) is 36.7 Å². The molecule has 2 aromatic rings. The zero-order valence-corrected chi connectivity index (χ0v) is 26.0. The molecule has 2 aromatic carbocycles. The molecule has 2 aliphatic rings. The summed E-state index contributed by atoms with van der Waals surface area (Å²) < 4.78 is 15.9. The average molecular weight is 669 g/mol. The number of nitro benzene ring substituents is 2. The van der Waals surface area contributed by atoms with Crippen molar-refractivity contribution in [2.75, 3.05) is 7.05 Å². The monoisotopic (exact) mass is 668 g/mol. The van der Waals surface area contributed by atoms with Crippen LogP contribution in [0.25, 0.3) is 0 Å². The number of non-ortho nitro benzene ring substituents is 2. The predicted molar refractivity (Wildman–Crippen MR) is 163 cm³/mol. The van der Waals surface area contributed by atoms with Crippen molar-refractivity contribution in [2.24, 2.45) is 5.92 Å². The van der Waals surface area contributed by atoms with Crippen LogP contribution < -0.4 is 0 Å². The Balaban J connectivity index is 1.43. The molecule has 0 spiro atoms. The number of ether oxygens (including phenoxy) is 3. The molecular formula is C30H28N4O12S. The van der Waals surface area contributed by atoms with E-state index in [1.54, 1.807) is 0 Å². The lowest BCUT2D eigenvalue weighted by atomic mass is 9.83. The first-order chi connectivity index (χ1) is 22.3. The van der Waals surface area contributed by atoms with Crippen molar-refractivity contribution in [1.29, 1.82) is 0 Å². The number of thioether (sulfide) groups is 1. The van der Waals surface area contributed by atoms with Gasteiger partial charge in [0, 0.05) is 55.6 Å². The smallest absolute Gasteiger partial charge is 0.456 e. The summed E-state index contributed by atoms with van der Waals surface area (Å²) in [5, 5.41) is 23.1. The Morgan fingerprint density at radius 1 is 0.979 bits per heavy atom. The standard InChI is InChI=1S/C30H28N4O12S/c1-17(46-30(39)45-16-20-6-10-22(11-7-20)34(42)43)26-23-14-24(47-13-12-25(36)31(3)18(2)35)27(32(23)28(26)37)29(38)44-15-19-4-8-21(9-5-19)33(40)41/h4-13,17,23,26H,14-16H2,1-3H3/b13-12+. The van der Waals surface area contributed by atoms with Gasteiger partial charge >= 0.3 is 12.1 Å². The molecule has 0 radical (unpaired) electrons. The summed E-state index contributed by atoms with van der Waals surface area (Å²) in [5.41, 5.74) is 0.619. The lowest BCUT2D eigenvalue weighted by Crippen LogP contribution is -2.62. The minimum absolute atomic E-state index is 0.0619. The van der Waals surface area contributed by atoms with Crippen LogP contribution in [0.15, 0.2) is 70.6 Å². The third kappa shape index (κ3) is 7.99. The van der Waals surface area contributed by atoms with E-state index in [1.165, 1.54) is 79.7 Å². The molecule has 3 atom stereocenters. The lowest BCUT2D eigenvalue weighted by Gasteiger charge is -2.45. The molecule has 0 N–H and O–H groups in total. The number of amides is 3. The Kier molecular flexibility index (Phi) is 10.7. The molecule has 1 fully saturated rings. The fourth-order valence-corrected chi connectivity index (χ4v) is 5.71. The van der Waals surface area contributed by atoms with Crippen LogP contribution in [0, 0.1) is 26.1 Å². The number of nitro groups is 2. The number of benzene rings is 2. The van der Waals surface area contributed by atoms with Crippen LogP contribution in [-0.4, -0.2) is 68.7 Å². The van der Waals surface area contributed by atoms with Gasteiger partial charge < -0.3 is 19.1 Å². The largest absolute Gasteiger partial charge is 0.508 e. The summed E-state index contributed by atoms with van der Waals surface area (Å²) in [6.07, 6.45) is -0.728. The van der Waals surface area contributed by atoms with Gasteiger partial charge in [0.15, 0.2) is 0 Å². The average Bonchev–Trinajstić information content (AvgIpc) is 3.36. The number of nitrogens with zero attached hydrogens (tertiary/aromatic N) is 4. The van der Waals surface area contributed by atoms with Crippen LogP contribution in [0.4, 0.5) is 16.2 Å². The summed E-state index contributed by atoms with van der Waals surface area (Å²) in [7, 11) is 1.31. The number of rotatable bonds is 12. The number of likely N-dealkylation sites (N-methyl/N-ethyl adjacent to an activating group) is 1. The van der Waals surface area contributed by atoms with Gasteiger partial charge in [-0.25, -0.2) is 9.59 Å². The maximum absolute atomic E-state index is 13.3. The molecule has 3 unspecified atom stereocenters. The minimum atomic E-state index is -1.07. The van der Waals surface area contributed by atoms with Crippen LogP contribution >= 0.6 is 11.8 Å². The van der Waals surface area contributed by atoms with Crippen molar-refractivity contribution < 1.29 is 48.0 Å². The molecule has 2 aliphatic heterocycles.